The van der Waals surface area contributed by atoms with Crippen molar-refractivity contribution in [1.82, 2.24) is 30.7 Å². The van der Waals surface area contributed by atoms with Gasteiger partial charge in [-0.15, -0.1) is 5.10 Å². The van der Waals surface area contributed by atoms with Crippen LogP contribution in [0.1, 0.15) is 34.2 Å². The number of carbonyl (C=O) groups excluding carboxylic acids is 1. The number of carbonyl (C=O) groups is 1. The van der Waals surface area contributed by atoms with Crippen molar-refractivity contribution >= 4 is 29.0 Å². The largest absolute Gasteiger partial charge is 0.489 e. The number of halogens is 2. The SMILES string of the molecule is CC(=NNC(=O)c1c(C)nnn1-c1nonc1N)c1ccc(OCc2c(F)cccc2Cl)cc1. The number of hydrogen-bond donors (Lipinski definition) is 2. The second-order valence-corrected chi connectivity index (χ2v) is 7.47. The number of amides is 1. The summed E-state index contributed by atoms with van der Waals surface area (Å²) in [6.45, 7) is 3.31. The molecule has 1 amide bonds. The van der Waals surface area contributed by atoms with Crippen LogP contribution in [-0.2, 0) is 6.61 Å². The second kappa shape index (κ2) is 9.67. The molecule has 0 unspecified atom stereocenters. The molecule has 0 aliphatic carbocycles. The molecule has 2 aromatic heterocycles. The summed E-state index contributed by atoms with van der Waals surface area (Å²) in [6, 6.07) is 11.4. The van der Waals surface area contributed by atoms with Crippen LogP contribution in [0.4, 0.5) is 10.2 Å². The van der Waals surface area contributed by atoms with Crippen LogP contribution in [0.5, 0.6) is 5.75 Å². The van der Waals surface area contributed by atoms with Gasteiger partial charge in [0.05, 0.1) is 16.4 Å². The van der Waals surface area contributed by atoms with Crippen molar-refractivity contribution in [2.75, 3.05) is 5.73 Å². The molecule has 0 aliphatic heterocycles. The number of ether oxygens (including phenoxy) is 1. The van der Waals surface area contributed by atoms with Gasteiger partial charge < -0.3 is 10.5 Å². The van der Waals surface area contributed by atoms with Crippen LogP contribution >= 0.6 is 11.6 Å². The van der Waals surface area contributed by atoms with Gasteiger partial charge in [-0.2, -0.15) is 9.78 Å². The van der Waals surface area contributed by atoms with Crippen LogP contribution in [0.3, 0.4) is 0 Å². The molecule has 2 heterocycles. The molecule has 0 spiro atoms. The van der Waals surface area contributed by atoms with Gasteiger partial charge in [0.1, 0.15) is 18.2 Å². The van der Waals surface area contributed by atoms with E-state index in [4.69, 9.17) is 22.1 Å². The summed E-state index contributed by atoms with van der Waals surface area (Å²) in [5.41, 5.74) is 10.1. The lowest BCUT2D eigenvalue weighted by atomic mass is 10.1. The van der Waals surface area contributed by atoms with E-state index in [9.17, 15) is 9.18 Å². The zero-order valence-electron chi connectivity index (χ0n) is 18.0. The van der Waals surface area contributed by atoms with E-state index in [0.717, 1.165) is 10.2 Å². The average molecular weight is 485 g/mol. The van der Waals surface area contributed by atoms with Crippen LogP contribution in [0.25, 0.3) is 5.82 Å². The lowest BCUT2D eigenvalue weighted by molar-refractivity contribution is 0.0946. The highest BCUT2D eigenvalue weighted by Gasteiger charge is 2.23. The summed E-state index contributed by atoms with van der Waals surface area (Å²) >= 11 is 6.02. The zero-order valence-corrected chi connectivity index (χ0v) is 18.7. The van der Waals surface area contributed by atoms with Crippen molar-refractivity contribution in [2.45, 2.75) is 20.5 Å². The Hall–Kier alpha value is -4.32. The minimum atomic E-state index is -0.578. The number of rotatable bonds is 7. The fraction of sp³-hybridized carbons (Fsp3) is 0.143. The van der Waals surface area contributed by atoms with E-state index in [2.05, 4.69) is 35.8 Å². The first-order valence-corrected chi connectivity index (χ1v) is 10.2. The van der Waals surface area contributed by atoms with Crippen LogP contribution in [0.2, 0.25) is 5.02 Å². The van der Waals surface area contributed by atoms with E-state index in [0.29, 0.717) is 22.2 Å². The van der Waals surface area contributed by atoms with Crippen LogP contribution in [0.15, 0.2) is 52.2 Å². The molecule has 0 saturated heterocycles. The number of aryl methyl sites for hydroxylation is 1. The molecule has 0 aliphatic rings. The predicted molar refractivity (Wildman–Crippen MR) is 120 cm³/mol. The highest BCUT2D eigenvalue weighted by molar-refractivity contribution is 6.31. The maximum absolute atomic E-state index is 13.9. The Morgan fingerprint density at radius 1 is 1.26 bits per heavy atom. The number of nitrogens with zero attached hydrogens (tertiary/aromatic N) is 6. The number of hydrogen-bond acceptors (Lipinski definition) is 9. The number of nitrogen functional groups attached to an aromatic ring is 1. The van der Waals surface area contributed by atoms with Crippen molar-refractivity contribution in [3.05, 3.63) is 75.8 Å². The molecule has 11 nitrogen and oxygen atoms in total. The van der Waals surface area contributed by atoms with E-state index >= 15 is 0 Å². The van der Waals surface area contributed by atoms with Gasteiger partial charge in [-0.05, 0) is 66.1 Å². The fourth-order valence-electron chi connectivity index (χ4n) is 2.97. The van der Waals surface area contributed by atoms with Gasteiger partial charge in [-0.1, -0.05) is 22.9 Å². The molecule has 4 aromatic rings. The quantitative estimate of drug-likeness (QED) is 0.300. The van der Waals surface area contributed by atoms with Crippen molar-refractivity contribution < 1.29 is 18.6 Å². The van der Waals surface area contributed by atoms with E-state index < -0.39 is 11.7 Å². The average Bonchev–Trinajstić information content (AvgIpc) is 3.42. The zero-order chi connectivity index (χ0) is 24.2. The van der Waals surface area contributed by atoms with Gasteiger partial charge in [0.2, 0.25) is 11.6 Å². The maximum Gasteiger partial charge on any atom is 0.292 e. The second-order valence-electron chi connectivity index (χ2n) is 7.06. The summed E-state index contributed by atoms with van der Waals surface area (Å²) in [6.07, 6.45) is 0. The first kappa shape index (κ1) is 22.9. The molecule has 0 bridgehead atoms. The molecule has 2 aromatic carbocycles. The smallest absolute Gasteiger partial charge is 0.292 e. The Morgan fingerprint density at radius 2 is 2.03 bits per heavy atom. The Morgan fingerprint density at radius 3 is 2.71 bits per heavy atom. The molecule has 174 valence electrons. The topological polar surface area (TPSA) is 146 Å². The standard InChI is InChI=1S/C21H18ClFN8O3/c1-11(13-6-8-14(9-7-13)33-10-15-16(22)4-3-5-17(15)23)25-27-21(32)18-12(2)26-30-31(18)20-19(24)28-34-29-20/h3-9H,10H2,1-2H3,(H2,24,28)(H,27,32). The molecule has 0 radical (unpaired) electrons. The Labute approximate surface area is 197 Å². The Balaban J connectivity index is 1.43. The van der Waals surface area contributed by atoms with Crippen molar-refractivity contribution in [3.63, 3.8) is 0 Å². The molecular weight excluding hydrogens is 467 g/mol. The molecule has 34 heavy (non-hydrogen) atoms. The first-order valence-electron chi connectivity index (χ1n) is 9.86. The van der Waals surface area contributed by atoms with Gasteiger partial charge in [-0.3, -0.25) is 4.79 Å². The Bertz CT molecular complexity index is 1350. The number of aromatic nitrogens is 5. The summed E-state index contributed by atoms with van der Waals surface area (Å²) in [4.78, 5) is 12.7. The van der Waals surface area contributed by atoms with Gasteiger partial charge >= 0.3 is 0 Å². The molecule has 4 rings (SSSR count). The fourth-order valence-corrected chi connectivity index (χ4v) is 3.19. The van der Waals surface area contributed by atoms with E-state index in [1.54, 1.807) is 44.2 Å². The van der Waals surface area contributed by atoms with E-state index in [1.165, 1.54) is 12.1 Å². The van der Waals surface area contributed by atoms with E-state index in [-0.39, 0.29) is 29.5 Å². The monoisotopic (exact) mass is 484 g/mol. The van der Waals surface area contributed by atoms with Gasteiger partial charge in [0.25, 0.3) is 5.91 Å². The third-order valence-corrected chi connectivity index (χ3v) is 5.15. The third kappa shape index (κ3) is 4.71. The van der Waals surface area contributed by atoms with Gasteiger partial charge in [0, 0.05) is 5.56 Å². The van der Waals surface area contributed by atoms with Crippen molar-refractivity contribution in [2.24, 2.45) is 5.10 Å². The van der Waals surface area contributed by atoms with Crippen LogP contribution < -0.4 is 15.9 Å². The maximum atomic E-state index is 13.9. The third-order valence-electron chi connectivity index (χ3n) is 4.79. The van der Waals surface area contributed by atoms with E-state index in [1.807, 2.05) is 0 Å². The van der Waals surface area contributed by atoms with Crippen molar-refractivity contribution in [1.29, 1.82) is 0 Å². The lowest BCUT2D eigenvalue weighted by Gasteiger charge is -2.09. The number of benzene rings is 2. The normalized spacial score (nSPS) is 11.5. The summed E-state index contributed by atoms with van der Waals surface area (Å²) in [7, 11) is 0. The van der Waals surface area contributed by atoms with Crippen molar-refractivity contribution in [3.8, 4) is 11.6 Å². The summed E-state index contributed by atoms with van der Waals surface area (Å²) in [5, 5.41) is 19.3. The molecule has 0 fully saturated rings. The summed E-state index contributed by atoms with van der Waals surface area (Å²) < 4.78 is 25.2. The summed E-state index contributed by atoms with van der Waals surface area (Å²) in [5.74, 6) is -0.496. The lowest BCUT2D eigenvalue weighted by Crippen LogP contribution is -2.24. The first-order chi connectivity index (χ1) is 16.3. The number of nitrogens with two attached hydrogens (primary N) is 1. The number of anilines is 1. The van der Waals surface area contributed by atoms with Crippen LogP contribution in [0, 0.1) is 12.7 Å². The molecule has 13 heteroatoms. The molecular formula is C21H18ClFN8O3. The minimum Gasteiger partial charge on any atom is -0.489 e. The van der Waals surface area contributed by atoms with Gasteiger partial charge in [-0.25, -0.2) is 14.4 Å². The molecule has 0 saturated carbocycles. The highest BCUT2D eigenvalue weighted by Crippen LogP contribution is 2.22. The molecule has 0 atom stereocenters. The Kier molecular flexibility index (Phi) is 6.50. The molecule has 3 N–H and O–H groups in total. The minimum absolute atomic E-state index is 0.0133. The van der Waals surface area contributed by atoms with Crippen LogP contribution in [-0.4, -0.2) is 36.9 Å². The number of nitrogens with one attached hydrogen (secondary N) is 1. The number of hydrazone groups is 1. The predicted octanol–water partition coefficient (Wildman–Crippen LogP) is 3.07. The van der Waals surface area contributed by atoms with Gasteiger partial charge in [0.15, 0.2) is 5.69 Å². The highest BCUT2D eigenvalue weighted by atomic mass is 35.5.